The van der Waals surface area contributed by atoms with Crippen molar-refractivity contribution in [2.75, 3.05) is 0 Å². The molecule has 1 unspecified atom stereocenters. The lowest BCUT2D eigenvalue weighted by atomic mass is 9.99. The molecule has 0 aromatic carbocycles. The van der Waals surface area contributed by atoms with E-state index in [1.165, 1.54) is 6.20 Å². The van der Waals surface area contributed by atoms with Gasteiger partial charge in [0.05, 0.1) is 6.07 Å². The molecular weight excluding hydrogens is 302 g/mol. The van der Waals surface area contributed by atoms with Crippen LogP contribution < -0.4 is 0 Å². The van der Waals surface area contributed by atoms with E-state index in [2.05, 4.69) is 15.0 Å². The largest absolute Gasteiger partial charge is 0.309 e. The first-order valence-corrected chi connectivity index (χ1v) is 7.44. The summed E-state index contributed by atoms with van der Waals surface area (Å²) in [5.74, 6) is -0.459. The van der Waals surface area contributed by atoms with E-state index < -0.39 is 5.92 Å². The number of aryl methyl sites for hydroxylation is 2. The molecule has 0 saturated carbocycles. The third-order valence-electron chi connectivity index (χ3n) is 3.55. The Bertz CT molecular complexity index is 887. The van der Waals surface area contributed by atoms with E-state index >= 15 is 0 Å². The predicted molar refractivity (Wildman–Crippen MR) is 87.8 cm³/mol. The average Bonchev–Trinajstić information content (AvgIpc) is 3.09. The molecule has 0 radical (unpaired) electrons. The molecule has 0 aliphatic carbocycles. The minimum atomic E-state index is -1.04. The smallest absolute Gasteiger partial charge is 0.189 e. The summed E-state index contributed by atoms with van der Waals surface area (Å²) in [5, 5.41) is 9.42. The van der Waals surface area contributed by atoms with Gasteiger partial charge in [-0.05, 0) is 44.2 Å². The quantitative estimate of drug-likeness (QED) is 0.691. The van der Waals surface area contributed by atoms with Crippen molar-refractivity contribution in [2.45, 2.75) is 19.8 Å². The molecule has 3 aromatic rings. The molecule has 0 spiro atoms. The van der Waals surface area contributed by atoms with Gasteiger partial charge in [-0.1, -0.05) is 0 Å². The Morgan fingerprint density at radius 1 is 1.17 bits per heavy atom. The molecule has 0 aliphatic rings. The first kappa shape index (κ1) is 15.6. The van der Waals surface area contributed by atoms with Crippen molar-refractivity contribution in [3.05, 3.63) is 71.7 Å². The number of hydrogen-bond acceptors (Lipinski definition) is 5. The summed E-state index contributed by atoms with van der Waals surface area (Å²) in [4.78, 5) is 25.4. The van der Waals surface area contributed by atoms with Crippen molar-refractivity contribution in [3.8, 4) is 11.9 Å². The molecule has 3 rings (SSSR count). The maximum atomic E-state index is 12.6. The van der Waals surface area contributed by atoms with Crippen LogP contribution in [0.15, 0.2) is 48.9 Å². The minimum Gasteiger partial charge on any atom is -0.309 e. The Labute approximate surface area is 139 Å². The zero-order valence-corrected chi connectivity index (χ0v) is 13.3. The fraction of sp³-hybridized carbons (Fsp3) is 0.167. The maximum absolute atomic E-state index is 12.6. The van der Waals surface area contributed by atoms with Gasteiger partial charge in [-0.3, -0.25) is 4.79 Å². The molecule has 24 heavy (non-hydrogen) atoms. The number of nitriles is 1. The second-order valence-electron chi connectivity index (χ2n) is 5.43. The number of nitrogens with zero attached hydrogens (tertiary/aromatic N) is 5. The van der Waals surface area contributed by atoms with E-state index in [0.29, 0.717) is 11.4 Å². The van der Waals surface area contributed by atoms with Crippen LogP contribution in [0.5, 0.6) is 0 Å². The third-order valence-corrected chi connectivity index (χ3v) is 3.55. The van der Waals surface area contributed by atoms with Crippen LogP contribution in [0.25, 0.3) is 5.82 Å². The van der Waals surface area contributed by atoms with E-state index in [-0.39, 0.29) is 11.6 Å². The number of ketones is 1. The summed E-state index contributed by atoms with van der Waals surface area (Å²) < 4.78 is 1.84. The molecule has 6 heteroatoms. The van der Waals surface area contributed by atoms with Gasteiger partial charge in [0.25, 0.3) is 0 Å². The van der Waals surface area contributed by atoms with Crippen LogP contribution in [0.2, 0.25) is 0 Å². The summed E-state index contributed by atoms with van der Waals surface area (Å²) in [6, 6.07) is 11.0. The van der Waals surface area contributed by atoms with Gasteiger partial charge in [0.15, 0.2) is 17.5 Å². The predicted octanol–water partition coefficient (Wildman–Crippen LogP) is 2.77. The van der Waals surface area contributed by atoms with Crippen LogP contribution in [-0.4, -0.2) is 25.3 Å². The van der Waals surface area contributed by atoms with Gasteiger partial charge in [-0.15, -0.1) is 0 Å². The third kappa shape index (κ3) is 3.06. The lowest BCUT2D eigenvalue weighted by Crippen LogP contribution is -2.16. The number of Topliss-reactive ketones (excluding diaryl/α,β-unsaturated/α-hetero) is 1. The molecule has 118 valence electrons. The van der Waals surface area contributed by atoms with E-state index in [1.807, 2.05) is 49.0 Å². The van der Waals surface area contributed by atoms with Gasteiger partial charge in [-0.25, -0.2) is 15.0 Å². The first-order valence-electron chi connectivity index (χ1n) is 7.44. The molecule has 6 nitrogen and oxygen atoms in total. The van der Waals surface area contributed by atoms with Crippen LogP contribution in [0, 0.1) is 25.2 Å². The highest BCUT2D eigenvalue weighted by molar-refractivity contribution is 6.02. The second-order valence-corrected chi connectivity index (χ2v) is 5.43. The minimum absolute atomic E-state index is 0.231. The molecule has 0 fully saturated rings. The fourth-order valence-corrected chi connectivity index (χ4v) is 2.45. The summed E-state index contributed by atoms with van der Waals surface area (Å²) >= 11 is 0. The van der Waals surface area contributed by atoms with Crippen molar-refractivity contribution in [2.24, 2.45) is 0 Å². The molecular formula is C18H15N5O. The molecule has 0 saturated heterocycles. The van der Waals surface area contributed by atoms with Gasteiger partial charge in [0.2, 0.25) is 0 Å². The highest BCUT2D eigenvalue weighted by atomic mass is 16.1. The number of aromatic nitrogens is 4. The molecule has 0 aliphatic heterocycles. The number of hydrogen-bond donors (Lipinski definition) is 0. The Kier molecular flexibility index (Phi) is 4.17. The highest BCUT2D eigenvalue weighted by Crippen LogP contribution is 2.18. The van der Waals surface area contributed by atoms with Gasteiger partial charge in [0.1, 0.15) is 5.82 Å². The summed E-state index contributed by atoms with van der Waals surface area (Å²) in [6.45, 7) is 3.62. The molecule has 3 heterocycles. The van der Waals surface area contributed by atoms with Gasteiger partial charge >= 0.3 is 0 Å². The van der Waals surface area contributed by atoms with E-state index in [4.69, 9.17) is 0 Å². The lowest BCUT2D eigenvalue weighted by Gasteiger charge is -2.09. The van der Waals surface area contributed by atoms with Crippen molar-refractivity contribution in [3.63, 3.8) is 0 Å². The molecule has 0 N–H and O–H groups in total. The highest BCUT2D eigenvalue weighted by Gasteiger charge is 2.25. The topological polar surface area (TPSA) is 84.5 Å². The Hall–Kier alpha value is -3.33. The van der Waals surface area contributed by atoms with Crippen LogP contribution in [0.1, 0.15) is 33.5 Å². The van der Waals surface area contributed by atoms with Gasteiger partial charge in [0, 0.05) is 35.5 Å². The average molecular weight is 317 g/mol. The summed E-state index contributed by atoms with van der Waals surface area (Å²) in [5.41, 5.74) is 1.82. The standard InChI is InChI=1S/C18H15N5O/c1-12-9-13(2)22-18(21-12)15(10-19)17(24)14-5-6-16(20-11-14)23-7-3-4-8-23/h3-9,11,15H,1-2H3. The summed E-state index contributed by atoms with van der Waals surface area (Å²) in [7, 11) is 0. The molecule has 0 bridgehead atoms. The van der Waals surface area contributed by atoms with Crippen molar-refractivity contribution < 1.29 is 4.79 Å². The molecule has 0 amide bonds. The van der Waals surface area contributed by atoms with Crippen LogP contribution in [-0.2, 0) is 0 Å². The number of rotatable bonds is 4. The van der Waals surface area contributed by atoms with Gasteiger partial charge in [-0.2, -0.15) is 5.26 Å². The Balaban J connectivity index is 1.90. The number of carbonyl (C=O) groups excluding carboxylic acids is 1. The van der Waals surface area contributed by atoms with Crippen LogP contribution >= 0.6 is 0 Å². The van der Waals surface area contributed by atoms with Crippen LogP contribution in [0.4, 0.5) is 0 Å². The Morgan fingerprint density at radius 2 is 1.83 bits per heavy atom. The first-order chi connectivity index (χ1) is 11.6. The molecule has 3 aromatic heterocycles. The number of pyridine rings is 1. The lowest BCUT2D eigenvalue weighted by molar-refractivity contribution is 0.0976. The monoisotopic (exact) mass is 317 g/mol. The van der Waals surface area contributed by atoms with E-state index in [1.54, 1.807) is 18.2 Å². The second kappa shape index (κ2) is 6.42. The SMILES string of the molecule is Cc1cc(C)nc(C(C#N)C(=O)c2ccc(-n3cccc3)nc2)n1. The number of carbonyl (C=O) groups is 1. The van der Waals surface area contributed by atoms with E-state index in [9.17, 15) is 10.1 Å². The fourth-order valence-electron chi connectivity index (χ4n) is 2.45. The van der Waals surface area contributed by atoms with Gasteiger partial charge < -0.3 is 4.57 Å². The van der Waals surface area contributed by atoms with Crippen molar-refractivity contribution in [1.29, 1.82) is 5.26 Å². The van der Waals surface area contributed by atoms with Crippen molar-refractivity contribution >= 4 is 5.78 Å². The summed E-state index contributed by atoms with van der Waals surface area (Å²) in [6.07, 6.45) is 5.21. The molecule has 1 atom stereocenters. The Morgan fingerprint density at radius 3 is 2.38 bits per heavy atom. The maximum Gasteiger partial charge on any atom is 0.189 e. The van der Waals surface area contributed by atoms with E-state index in [0.717, 1.165) is 11.4 Å². The van der Waals surface area contributed by atoms with Crippen LogP contribution in [0.3, 0.4) is 0 Å². The zero-order chi connectivity index (χ0) is 17.1. The normalized spacial score (nSPS) is 11.7. The van der Waals surface area contributed by atoms with Crippen molar-refractivity contribution in [1.82, 2.24) is 19.5 Å². The zero-order valence-electron chi connectivity index (χ0n) is 13.3.